The van der Waals surface area contributed by atoms with Gasteiger partial charge in [-0.2, -0.15) is 5.10 Å². The second kappa shape index (κ2) is 9.49. The van der Waals surface area contributed by atoms with E-state index in [1.54, 1.807) is 0 Å². The lowest BCUT2D eigenvalue weighted by Gasteiger charge is -2.28. The van der Waals surface area contributed by atoms with Gasteiger partial charge in [0.15, 0.2) is 0 Å². The Morgan fingerprint density at radius 1 is 0.963 bits per heavy atom. The molecule has 27 heavy (non-hydrogen) atoms. The van der Waals surface area contributed by atoms with Crippen molar-refractivity contribution in [1.82, 2.24) is 14.7 Å². The first-order valence-electron chi connectivity index (χ1n) is 9.57. The van der Waals surface area contributed by atoms with Crippen LogP contribution in [0.2, 0.25) is 0 Å². The van der Waals surface area contributed by atoms with Gasteiger partial charge in [-0.05, 0) is 31.0 Å². The molecule has 0 N–H and O–H groups in total. The van der Waals surface area contributed by atoms with Crippen molar-refractivity contribution in [3.05, 3.63) is 89.7 Å². The van der Waals surface area contributed by atoms with E-state index in [0.717, 1.165) is 24.3 Å². The normalized spacial score (nSPS) is 12.6. The summed E-state index contributed by atoms with van der Waals surface area (Å²) in [5.74, 6) is 0. The van der Waals surface area contributed by atoms with Gasteiger partial charge in [0.05, 0.1) is 12.3 Å². The Hall–Kier alpha value is -2.43. The zero-order chi connectivity index (χ0) is 19.1. The molecule has 4 nitrogen and oxygen atoms in total. The van der Waals surface area contributed by atoms with E-state index in [-0.39, 0.29) is 6.10 Å². The van der Waals surface area contributed by atoms with Crippen LogP contribution in [0.5, 0.6) is 0 Å². The highest BCUT2D eigenvalue weighted by atomic mass is 16.5. The number of benzene rings is 2. The van der Waals surface area contributed by atoms with Crippen LogP contribution in [0.4, 0.5) is 0 Å². The maximum atomic E-state index is 6.37. The SMILES string of the molecule is CC(C)N(CCOC(c1ccccc1)c1ccnn1C)Cc1ccccc1. The number of ether oxygens (including phenoxy) is 1. The first-order chi connectivity index (χ1) is 13.1. The van der Waals surface area contributed by atoms with Crippen LogP contribution >= 0.6 is 0 Å². The molecule has 0 spiro atoms. The monoisotopic (exact) mass is 363 g/mol. The van der Waals surface area contributed by atoms with Crippen molar-refractivity contribution in [3.8, 4) is 0 Å². The van der Waals surface area contributed by atoms with Gasteiger partial charge in [-0.1, -0.05) is 60.7 Å². The van der Waals surface area contributed by atoms with Crippen LogP contribution in [0.25, 0.3) is 0 Å². The lowest BCUT2D eigenvalue weighted by atomic mass is 10.1. The molecule has 1 atom stereocenters. The van der Waals surface area contributed by atoms with Crippen molar-refractivity contribution in [2.75, 3.05) is 13.2 Å². The minimum Gasteiger partial charge on any atom is -0.366 e. The molecule has 4 heteroatoms. The Balaban J connectivity index is 1.67. The molecule has 0 fully saturated rings. The Morgan fingerprint density at radius 2 is 1.63 bits per heavy atom. The summed E-state index contributed by atoms with van der Waals surface area (Å²) in [7, 11) is 1.96. The standard InChI is InChI=1S/C23H29N3O/c1-19(2)26(18-20-10-6-4-7-11-20)16-17-27-23(21-12-8-5-9-13-21)22-14-15-24-25(22)3/h4-15,19,23H,16-18H2,1-3H3. The number of hydrogen-bond donors (Lipinski definition) is 0. The second-order valence-electron chi connectivity index (χ2n) is 7.09. The number of aryl methyl sites for hydroxylation is 1. The molecule has 1 unspecified atom stereocenters. The molecular weight excluding hydrogens is 334 g/mol. The lowest BCUT2D eigenvalue weighted by molar-refractivity contribution is 0.0469. The smallest absolute Gasteiger partial charge is 0.124 e. The molecule has 0 aliphatic rings. The van der Waals surface area contributed by atoms with Crippen molar-refractivity contribution in [2.24, 2.45) is 7.05 Å². The van der Waals surface area contributed by atoms with Gasteiger partial charge < -0.3 is 4.74 Å². The third-order valence-electron chi connectivity index (χ3n) is 4.85. The molecule has 3 aromatic rings. The van der Waals surface area contributed by atoms with Crippen LogP contribution in [-0.4, -0.2) is 33.9 Å². The Labute approximate surface area is 162 Å². The molecular formula is C23H29N3O. The molecule has 0 radical (unpaired) electrons. The number of rotatable bonds is 9. The van der Waals surface area contributed by atoms with Gasteiger partial charge in [-0.15, -0.1) is 0 Å². The van der Waals surface area contributed by atoms with Crippen molar-refractivity contribution >= 4 is 0 Å². The highest BCUT2D eigenvalue weighted by molar-refractivity contribution is 5.25. The first-order valence-corrected chi connectivity index (χ1v) is 9.57. The average Bonchev–Trinajstić information content (AvgIpc) is 3.11. The second-order valence-corrected chi connectivity index (χ2v) is 7.09. The van der Waals surface area contributed by atoms with Crippen LogP contribution in [0.1, 0.15) is 36.8 Å². The zero-order valence-corrected chi connectivity index (χ0v) is 16.5. The van der Waals surface area contributed by atoms with Gasteiger partial charge >= 0.3 is 0 Å². The van der Waals surface area contributed by atoms with E-state index < -0.39 is 0 Å². The number of nitrogens with zero attached hydrogens (tertiary/aromatic N) is 3. The maximum absolute atomic E-state index is 6.37. The van der Waals surface area contributed by atoms with Crippen LogP contribution in [-0.2, 0) is 18.3 Å². The molecule has 0 aliphatic carbocycles. The molecule has 1 aromatic heterocycles. The summed E-state index contributed by atoms with van der Waals surface area (Å²) in [4.78, 5) is 2.45. The maximum Gasteiger partial charge on any atom is 0.124 e. The quantitative estimate of drug-likeness (QED) is 0.563. The summed E-state index contributed by atoms with van der Waals surface area (Å²) >= 11 is 0. The third-order valence-corrected chi connectivity index (χ3v) is 4.85. The molecule has 2 aromatic carbocycles. The molecule has 0 bridgehead atoms. The van der Waals surface area contributed by atoms with Gasteiger partial charge in [0.25, 0.3) is 0 Å². The molecule has 0 saturated heterocycles. The fraction of sp³-hybridized carbons (Fsp3) is 0.348. The fourth-order valence-corrected chi connectivity index (χ4v) is 3.25. The molecule has 1 heterocycles. The van der Waals surface area contributed by atoms with E-state index in [0.29, 0.717) is 12.6 Å². The third kappa shape index (κ3) is 5.28. The van der Waals surface area contributed by atoms with Gasteiger partial charge in [0.2, 0.25) is 0 Å². The van der Waals surface area contributed by atoms with E-state index in [9.17, 15) is 0 Å². The number of aromatic nitrogens is 2. The minimum atomic E-state index is -0.107. The summed E-state index contributed by atoms with van der Waals surface area (Å²) < 4.78 is 8.26. The molecule has 0 amide bonds. The topological polar surface area (TPSA) is 30.3 Å². The van der Waals surface area contributed by atoms with Crippen molar-refractivity contribution < 1.29 is 4.74 Å². The van der Waals surface area contributed by atoms with E-state index in [2.05, 4.69) is 78.4 Å². The minimum absolute atomic E-state index is 0.107. The van der Waals surface area contributed by atoms with Crippen LogP contribution in [0, 0.1) is 0 Å². The highest BCUT2D eigenvalue weighted by Crippen LogP contribution is 2.25. The van der Waals surface area contributed by atoms with Gasteiger partial charge in [-0.3, -0.25) is 9.58 Å². The van der Waals surface area contributed by atoms with E-state index in [1.807, 2.05) is 30.1 Å². The molecule has 142 valence electrons. The Bertz CT molecular complexity index is 799. The van der Waals surface area contributed by atoms with Crippen LogP contribution in [0.3, 0.4) is 0 Å². The summed E-state index contributed by atoms with van der Waals surface area (Å²) in [5, 5.41) is 4.32. The largest absolute Gasteiger partial charge is 0.366 e. The molecule has 0 saturated carbocycles. The van der Waals surface area contributed by atoms with E-state index in [4.69, 9.17) is 4.74 Å². The first kappa shape index (κ1) is 19.3. The summed E-state index contributed by atoms with van der Waals surface area (Å²) in [6, 6.07) is 23.5. The van der Waals surface area contributed by atoms with E-state index in [1.165, 1.54) is 5.56 Å². The average molecular weight is 364 g/mol. The zero-order valence-electron chi connectivity index (χ0n) is 16.5. The van der Waals surface area contributed by atoms with Gasteiger partial charge in [0, 0.05) is 32.4 Å². The van der Waals surface area contributed by atoms with Crippen LogP contribution in [0.15, 0.2) is 72.9 Å². The van der Waals surface area contributed by atoms with Crippen molar-refractivity contribution in [1.29, 1.82) is 0 Å². The molecule has 0 aliphatic heterocycles. The Kier molecular flexibility index (Phi) is 6.80. The summed E-state index contributed by atoms with van der Waals surface area (Å²) in [6.45, 7) is 6.95. The predicted octanol–water partition coefficient (Wildman–Crippen LogP) is 4.44. The molecule has 3 rings (SSSR count). The summed E-state index contributed by atoms with van der Waals surface area (Å²) in [6.07, 6.45) is 1.72. The van der Waals surface area contributed by atoms with Gasteiger partial charge in [-0.25, -0.2) is 0 Å². The predicted molar refractivity (Wildman–Crippen MR) is 109 cm³/mol. The van der Waals surface area contributed by atoms with Crippen molar-refractivity contribution in [2.45, 2.75) is 32.5 Å². The van der Waals surface area contributed by atoms with Crippen molar-refractivity contribution in [3.63, 3.8) is 0 Å². The lowest BCUT2D eigenvalue weighted by Crippen LogP contribution is -2.33. The van der Waals surface area contributed by atoms with Crippen LogP contribution < -0.4 is 0 Å². The highest BCUT2D eigenvalue weighted by Gasteiger charge is 2.19. The fourth-order valence-electron chi connectivity index (χ4n) is 3.25. The number of hydrogen-bond acceptors (Lipinski definition) is 3. The Morgan fingerprint density at radius 3 is 2.22 bits per heavy atom. The summed E-state index contributed by atoms with van der Waals surface area (Å²) in [5.41, 5.74) is 3.55. The van der Waals surface area contributed by atoms with Gasteiger partial charge in [0.1, 0.15) is 6.10 Å². The van der Waals surface area contributed by atoms with E-state index >= 15 is 0 Å².